The highest BCUT2D eigenvalue weighted by atomic mass is 35.5. The van der Waals surface area contributed by atoms with Crippen molar-refractivity contribution in [3.63, 3.8) is 0 Å². The molecule has 0 spiro atoms. The van der Waals surface area contributed by atoms with Crippen LogP contribution in [-0.4, -0.2) is 27.6 Å². The molecule has 1 aromatic heterocycles. The van der Waals surface area contributed by atoms with Gasteiger partial charge in [0, 0.05) is 18.9 Å². The fourth-order valence-corrected chi connectivity index (χ4v) is 3.08. The SMILES string of the molecule is CC1(Cn2c(CCCl)nc3c(F)cccc32)CCCO1. The lowest BCUT2D eigenvalue weighted by Crippen LogP contribution is -2.30. The van der Waals surface area contributed by atoms with Crippen molar-refractivity contribution in [3.8, 4) is 0 Å². The Labute approximate surface area is 122 Å². The van der Waals surface area contributed by atoms with Gasteiger partial charge in [0.15, 0.2) is 5.82 Å². The van der Waals surface area contributed by atoms with Crippen molar-refractivity contribution >= 4 is 22.6 Å². The summed E-state index contributed by atoms with van der Waals surface area (Å²) < 4.78 is 21.8. The summed E-state index contributed by atoms with van der Waals surface area (Å²) in [6.07, 6.45) is 2.72. The highest BCUT2D eigenvalue weighted by Gasteiger charge is 2.31. The number of hydrogen-bond acceptors (Lipinski definition) is 2. The second-order valence-corrected chi connectivity index (χ2v) is 5.94. The molecule has 1 atom stereocenters. The lowest BCUT2D eigenvalue weighted by atomic mass is 10.0. The molecule has 0 saturated carbocycles. The number of para-hydroxylation sites is 1. The zero-order valence-electron chi connectivity index (χ0n) is 11.5. The minimum atomic E-state index is -0.283. The first kappa shape index (κ1) is 13.8. The first-order valence-corrected chi connectivity index (χ1v) is 7.50. The van der Waals surface area contributed by atoms with Crippen molar-refractivity contribution in [3.05, 3.63) is 29.8 Å². The van der Waals surface area contributed by atoms with Crippen LogP contribution in [0.4, 0.5) is 4.39 Å². The Morgan fingerprint density at radius 1 is 1.50 bits per heavy atom. The third-order valence-corrected chi connectivity index (χ3v) is 4.11. The van der Waals surface area contributed by atoms with Crippen LogP contribution in [0.2, 0.25) is 0 Å². The zero-order valence-corrected chi connectivity index (χ0v) is 12.3. The van der Waals surface area contributed by atoms with Gasteiger partial charge in [-0.2, -0.15) is 0 Å². The lowest BCUT2D eigenvalue weighted by Gasteiger charge is -2.25. The second-order valence-electron chi connectivity index (χ2n) is 5.56. The highest BCUT2D eigenvalue weighted by Crippen LogP contribution is 2.30. The van der Waals surface area contributed by atoms with Crippen molar-refractivity contribution in [1.82, 2.24) is 9.55 Å². The Balaban J connectivity index is 2.06. The van der Waals surface area contributed by atoms with E-state index in [0.717, 1.165) is 30.8 Å². The van der Waals surface area contributed by atoms with Crippen LogP contribution in [0.25, 0.3) is 11.0 Å². The van der Waals surface area contributed by atoms with Crippen molar-refractivity contribution in [1.29, 1.82) is 0 Å². The van der Waals surface area contributed by atoms with Crippen LogP contribution in [0.15, 0.2) is 18.2 Å². The number of alkyl halides is 1. The molecule has 1 aromatic carbocycles. The minimum Gasteiger partial charge on any atom is -0.373 e. The molecule has 2 aromatic rings. The van der Waals surface area contributed by atoms with Gasteiger partial charge < -0.3 is 9.30 Å². The molecule has 1 fully saturated rings. The number of nitrogens with zero attached hydrogens (tertiary/aromatic N) is 2. The molecular formula is C15H18ClFN2O. The predicted octanol–water partition coefficient (Wildman–Crippen LogP) is 3.53. The minimum absolute atomic E-state index is 0.193. The fourth-order valence-electron chi connectivity index (χ4n) is 2.91. The molecule has 5 heteroatoms. The number of ether oxygens (including phenoxy) is 1. The Morgan fingerprint density at radius 2 is 2.35 bits per heavy atom. The predicted molar refractivity (Wildman–Crippen MR) is 77.7 cm³/mol. The van der Waals surface area contributed by atoms with E-state index in [0.29, 0.717) is 24.4 Å². The molecule has 2 heterocycles. The summed E-state index contributed by atoms with van der Waals surface area (Å²) >= 11 is 5.85. The molecular weight excluding hydrogens is 279 g/mol. The van der Waals surface area contributed by atoms with Crippen LogP contribution in [0.1, 0.15) is 25.6 Å². The third kappa shape index (κ3) is 2.42. The van der Waals surface area contributed by atoms with Crippen LogP contribution in [0, 0.1) is 5.82 Å². The van der Waals surface area contributed by atoms with Crippen molar-refractivity contribution < 1.29 is 9.13 Å². The lowest BCUT2D eigenvalue weighted by molar-refractivity contribution is 0.00653. The number of rotatable bonds is 4. The van der Waals surface area contributed by atoms with Gasteiger partial charge in [-0.05, 0) is 31.9 Å². The van der Waals surface area contributed by atoms with Gasteiger partial charge in [-0.3, -0.25) is 0 Å². The van der Waals surface area contributed by atoms with E-state index in [1.165, 1.54) is 6.07 Å². The Hall–Kier alpha value is -1.13. The summed E-state index contributed by atoms with van der Waals surface area (Å²) in [5.74, 6) is 1.02. The molecule has 3 nitrogen and oxygen atoms in total. The van der Waals surface area contributed by atoms with Crippen LogP contribution in [-0.2, 0) is 17.7 Å². The van der Waals surface area contributed by atoms with Crippen molar-refractivity contribution in [2.45, 2.75) is 38.3 Å². The maximum absolute atomic E-state index is 13.9. The average molecular weight is 297 g/mol. The molecule has 1 aliphatic heterocycles. The van der Waals surface area contributed by atoms with Gasteiger partial charge >= 0.3 is 0 Å². The standard InChI is InChI=1S/C15H18ClFN2O/c1-15(7-3-9-20-15)10-19-12-5-2-4-11(17)14(12)18-13(19)6-8-16/h2,4-5H,3,6-10H2,1H3. The third-order valence-electron chi connectivity index (χ3n) is 3.92. The van der Waals surface area contributed by atoms with Gasteiger partial charge in [0.1, 0.15) is 11.3 Å². The summed E-state index contributed by atoms with van der Waals surface area (Å²) in [5, 5.41) is 0. The molecule has 20 heavy (non-hydrogen) atoms. The van der Waals surface area contributed by atoms with Gasteiger partial charge in [-0.1, -0.05) is 6.07 Å². The van der Waals surface area contributed by atoms with E-state index in [9.17, 15) is 4.39 Å². The van der Waals surface area contributed by atoms with Gasteiger partial charge in [-0.25, -0.2) is 9.37 Å². The fraction of sp³-hybridized carbons (Fsp3) is 0.533. The largest absolute Gasteiger partial charge is 0.373 e. The van der Waals surface area contributed by atoms with Crippen molar-refractivity contribution in [2.75, 3.05) is 12.5 Å². The number of halogens is 2. The van der Waals surface area contributed by atoms with E-state index in [1.807, 2.05) is 6.07 Å². The molecule has 0 amide bonds. The molecule has 0 aliphatic carbocycles. The quantitative estimate of drug-likeness (QED) is 0.807. The van der Waals surface area contributed by atoms with Crippen LogP contribution in [0.5, 0.6) is 0 Å². The smallest absolute Gasteiger partial charge is 0.151 e. The van der Waals surface area contributed by atoms with Gasteiger partial charge in [0.25, 0.3) is 0 Å². The Kier molecular flexibility index (Phi) is 3.69. The van der Waals surface area contributed by atoms with E-state index in [2.05, 4.69) is 16.5 Å². The van der Waals surface area contributed by atoms with E-state index in [-0.39, 0.29) is 11.4 Å². The van der Waals surface area contributed by atoms with Crippen molar-refractivity contribution in [2.24, 2.45) is 0 Å². The van der Waals surface area contributed by atoms with E-state index in [1.54, 1.807) is 6.07 Å². The summed E-state index contributed by atoms with van der Waals surface area (Å²) in [4.78, 5) is 4.42. The Bertz CT molecular complexity index is 620. The maximum atomic E-state index is 13.9. The van der Waals surface area contributed by atoms with Crippen LogP contribution in [0.3, 0.4) is 0 Å². The topological polar surface area (TPSA) is 27.1 Å². The van der Waals surface area contributed by atoms with E-state index < -0.39 is 0 Å². The highest BCUT2D eigenvalue weighted by molar-refractivity contribution is 6.17. The Morgan fingerprint density at radius 3 is 3.05 bits per heavy atom. The number of hydrogen-bond donors (Lipinski definition) is 0. The van der Waals surface area contributed by atoms with Gasteiger partial charge in [0.05, 0.1) is 17.7 Å². The maximum Gasteiger partial charge on any atom is 0.151 e. The molecule has 0 bridgehead atoms. The van der Waals surface area contributed by atoms with Gasteiger partial charge in [0.2, 0.25) is 0 Å². The summed E-state index contributed by atoms with van der Waals surface area (Å²) in [6.45, 7) is 3.59. The number of benzene rings is 1. The second kappa shape index (κ2) is 5.34. The number of imidazole rings is 1. The van der Waals surface area contributed by atoms with E-state index >= 15 is 0 Å². The van der Waals surface area contributed by atoms with E-state index in [4.69, 9.17) is 16.3 Å². The molecule has 1 unspecified atom stereocenters. The van der Waals surface area contributed by atoms with Crippen LogP contribution >= 0.6 is 11.6 Å². The van der Waals surface area contributed by atoms with Crippen LogP contribution < -0.4 is 0 Å². The summed E-state index contributed by atoms with van der Waals surface area (Å²) in [7, 11) is 0. The first-order chi connectivity index (χ1) is 9.63. The monoisotopic (exact) mass is 296 g/mol. The number of fused-ring (bicyclic) bond motifs is 1. The van der Waals surface area contributed by atoms with Gasteiger partial charge in [-0.15, -0.1) is 11.6 Å². The summed E-state index contributed by atoms with van der Waals surface area (Å²) in [5.41, 5.74) is 1.05. The number of aryl methyl sites for hydroxylation is 1. The normalized spacial score (nSPS) is 22.8. The molecule has 108 valence electrons. The molecule has 3 rings (SSSR count). The molecule has 1 aliphatic rings. The molecule has 0 N–H and O–H groups in total. The average Bonchev–Trinajstić information content (AvgIpc) is 2.98. The zero-order chi connectivity index (χ0) is 14.2. The number of aromatic nitrogens is 2. The molecule has 1 saturated heterocycles. The first-order valence-electron chi connectivity index (χ1n) is 6.96. The summed E-state index contributed by atoms with van der Waals surface area (Å²) in [6, 6.07) is 5.07. The molecule has 0 radical (unpaired) electrons.